The van der Waals surface area contributed by atoms with Crippen LogP contribution in [0.25, 0.3) is 0 Å². The Balaban J connectivity index is 2.20. The molecule has 1 rings (SSSR count). The van der Waals surface area contributed by atoms with Crippen LogP contribution in [0.4, 0.5) is 0 Å². The second kappa shape index (κ2) is 6.37. The average molecular weight is 245 g/mol. The van der Waals surface area contributed by atoms with Gasteiger partial charge in [0.1, 0.15) is 0 Å². The van der Waals surface area contributed by atoms with Crippen LogP contribution in [0.15, 0.2) is 0 Å². The summed E-state index contributed by atoms with van der Waals surface area (Å²) in [5.41, 5.74) is 0.312. The first kappa shape index (κ1) is 13.7. The molecular formula is C11H23N3OS. The lowest BCUT2D eigenvalue weighted by molar-refractivity contribution is 0.0648. The zero-order valence-corrected chi connectivity index (χ0v) is 11.3. The second-order valence-electron chi connectivity index (χ2n) is 4.57. The van der Waals surface area contributed by atoms with Crippen LogP contribution in [-0.4, -0.2) is 56.5 Å². The molecule has 0 aromatic rings. The van der Waals surface area contributed by atoms with E-state index in [4.69, 9.17) is 17.0 Å². The Morgan fingerprint density at radius 1 is 1.38 bits per heavy atom. The van der Waals surface area contributed by atoms with Crippen LogP contribution < -0.4 is 10.6 Å². The third-order valence-electron chi connectivity index (χ3n) is 3.40. The molecule has 0 spiro atoms. The summed E-state index contributed by atoms with van der Waals surface area (Å²) in [4.78, 5) is 2.31. The third kappa shape index (κ3) is 3.57. The number of hydrogen-bond acceptors (Lipinski definition) is 3. The standard InChI is InChI=1S/C11H23N3OS/c1-14(2)11(5-4-6-11)9-13-10(16)12-7-8-15-3/h4-9H2,1-3H3,(H2,12,13,16). The molecule has 2 N–H and O–H groups in total. The van der Waals surface area contributed by atoms with Gasteiger partial charge in [-0.3, -0.25) is 0 Å². The summed E-state index contributed by atoms with van der Waals surface area (Å²) in [6.45, 7) is 2.37. The minimum Gasteiger partial charge on any atom is -0.383 e. The lowest BCUT2D eigenvalue weighted by Crippen LogP contribution is -2.58. The van der Waals surface area contributed by atoms with Crippen molar-refractivity contribution in [3.8, 4) is 0 Å². The van der Waals surface area contributed by atoms with E-state index in [-0.39, 0.29) is 0 Å². The van der Waals surface area contributed by atoms with Gasteiger partial charge in [-0.25, -0.2) is 0 Å². The van der Waals surface area contributed by atoms with E-state index in [1.54, 1.807) is 7.11 Å². The van der Waals surface area contributed by atoms with Crippen molar-refractivity contribution in [1.29, 1.82) is 0 Å². The quantitative estimate of drug-likeness (QED) is 0.529. The fraction of sp³-hybridized carbons (Fsp3) is 0.909. The normalized spacial score (nSPS) is 18.0. The Kier molecular flexibility index (Phi) is 5.44. The van der Waals surface area contributed by atoms with Crippen LogP contribution in [0, 0.1) is 0 Å². The number of nitrogens with one attached hydrogen (secondary N) is 2. The molecule has 1 fully saturated rings. The van der Waals surface area contributed by atoms with Gasteiger partial charge in [0.05, 0.1) is 6.61 Å². The molecule has 0 heterocycles. The van der Waals surface area contributed by atoms with Gasteiger partial charge in [-0.05, 0) is 45.6 Å². The fourth-order valence-electron chi connectivity index (χ4n) is 1.94. The summed E-state index contributed by atoms with van der Waals surface area (Å²) in [7, 11) is 5.97. The first-order valence-electron chi connectivity index (χ1n) is 5.79. The predicted octanol–water partition coefficient (Wildman–Crippen LogP) is 0.581. The van der Waals surface area contributed by atoms with E-state index in [2.05, 4.69) is 29.6 Å². The number of rotatable bonds is 6. The third-order valence-corrected chi connectivity index (χ3v) is 3.69. The first-order valence-corrected chi connectivity index (χ1v) is 6.20. The van der Waals surface area contributed by atoms with Gasteiger partial charge in [-0.1, -0.05) is 0 Å². The molecule has 5 heteroatoms. The molecular weight excluding hydrogens is 222 g/mol. The van der Waals surface area contributed by atoms with Crippen molar-refractivity contribution in [2.45, 2.75) is 24.8 Å². The van der Waals surface area contributed by atoms with Crippen molar-refractivity contribution >= 4 is 17.3 Å². The van der Waals surface area contributed by atoms with E-state index in [1.165, 1.54) is 19.3 Å². The van der Waals surface area contributed by atoms with Gasteiger partial charge in [0.15, 0.2) is 5.11 Å². The monoisotopic (exact) mass is 245 g/mol. The lowest BCUT2D eigenvalue weighted by Gasteiger charge is -2.47. The molecule has 0 aliphatic heterocycles. The molecule has 0 radical (unpaired) electrons. The van der Waals surface area contributed by atoms with Crippen molar-refractivity contribution in [2.75, 3.05) is 40.9 Å². The highest BCUT2D eigenvalue weighted by Crippen LogP contribution is 2.35. The number of hydrogen-bond donors (Lipinski definition) is 2. The number of nitrogens with zero attached hydrogens (tertiary/aromatic N) is 1. The van der Waals surface area contributed by atoms with E-state index in [9.17, 15) is 0 Å². The SMILES string of the molecule is COCCNC(=S)NCC1(N(C)C)CCC1. The van der Waals surface area contributed by atoms with Gasteiger partial charge in [0.25, 0.3) is 0 Å². The van der Waals surface area contributed by atoms with Crippen LogP contribution in [0.5, 0.6) is 0 Å². The maximum atomic E-state index is 5.20. The summed E-state index contributed by atoms with van der Waals surface area (Å²) in [6, 6.07) is 0. The van der Waals surface area contributed by atoms with Crippen molar-refractivity contribution in [3.05, 3.63) is 0 Å². The van der Waals surface area contributed by atoms with E-state index in [0.717, 1.165) is 18.2 Å². The maximum Gasteiger partial charge on any atom is 0.166 e. The number of thiocarbonyl (C=S) groups is 1. The molecule has 0 amide bonds. The maximum absolute atomic E-state index is 5.20. The van der Waals surface area contributed by atoms with E-state index in [1.807, 2.05) is 0 Å². The second-order valence-corrected chi connectivity index (χ2v) is 4.98. The smallest absolute Gasteiger partial charge is 0.166 e. The Morgan fingerprint density at radius 3 is 2.50 bits per heavy atom. The Bertz CT molecular complexity index is 229. The van der Waals surface area contributed by atoms with Crippen molar-refractivity contribution in [2.24, 2.45) is 0 Å². The summed E-state index contributed by atoms with van der Waals surface area (Å²) >= 11 is 5.20. The first-order chi connectivity index (χ1) is 7.60. The molecule has 16 heavy (non-hydrogen) atoms. The zero-order chi connectivity index (χ0) is 12.0. The molecule has 0 saturated heterocycles. The highest BCUT2D eigenvalue weighted by atomic mass is 32.1. The van der Waals surface area contributed by atoms with Crippen LogP contribution in [0.3, 0.4) is 0 Å². The highest BCUT2D eigenvalue weighted by molar-refractivity contribution is 7.80. The highest BCUT2D eigenvalue weighted by Gasteiger charge is 2.38. The molecule has 1 aliphatic carbocycles. The molecule has 0 bridgehead atoms. The largest absolute Gasteiger partial charge is 0.383 e. The van der Waals surface area contributed by atoms with E-state index >= 15 is 0 Å². The predicted molar refractivity (Wildman–Crippen MR) is 70.7 cm³/mol. The van der Waals surface area contributed by atoms with Crippen LogP contribution in [0.2, 0.25) is 0 Å². The van der Waals surface area contributed by atoms with E-state index < -0.39 is 0 Å². The van der Waals surface area contributed by atoms with E-state index in [0.29, 0.717) is 12.1 Å². The zero-order valence-electron chi connectivity index (χ0n) is 10.5. The van der Waals surface area contributed by atoms with Gasteiger partial charge < -0.3 is 20.3 Å². The molecule has 0 unspecified atom stereocenters. The van der Waals surface area contributed by atoms with Crippen molar-refractivity contribution in [3.63, 3.8) is 0 Å². The molecule has 4 nitrogen and oxygen atoms in total. The van der Waals surface area contributed by atoms with Gasteiger partial charge in [0.2, 0.25) is 0 Å². The average Bonchev–Trinajstić information content (AvgIpc) is 2.16. The minimum atomic E-state index is 0.312. The molecule has 94 valence electrons. The summed E-state index contributed by atoms with van der Waals surface area (Å²) in [5.74, 6) is 0. The van der Waals surface area contributed by atoms with Crippen molar-refractivity contribution in [1.82, 2.24) is 15.5 Å². The fourth-order valence-corrected chi connectivity index (χ4v) is 2.12. The summed E-state index contributed by atoms with van der Waals surface area (Å²) in [5, 5.41) is 7.14. The number of methoxy groups -OCH3 is 1. The Labute approximate surface area is 104 Å². The molecule has 1 saturated carbocycles. The van der Waals surface area contributed by atoms with Gasteiger partial charge in [0, 0.05) is 25.7 Å². The summed E-state index contributed by atoms with van der Waals surface area (Å²) < 4.78 is 4.95. The topological polar surface area (TPSA) is 36.5 Å². The molecule has 0 atom stereocenters. The number of ether oxygens (including phenoxy) is 1. The number of likely N-dealkylation sites (N-methyl/N-ethyl adjacent to an activating group) is 1. The van der Waals surface area contributed by atoms with Gasteiger partial charge >= 0.3 is 0 Å². The van der Waals surface area contributed by atoms with Crippen molar-refractivity contribution < 1.29 is 4.74 Å². The van der Waals surface area contributed by atoms with Gasteiger partial charge in [-0.2, -0.15) is 0 Å². The minimum absolute atomic E-state index is 0.312. The Hall–Kier alpha value is -0.390. The molecule has 1 aliphatic rings. The van der Waals surface area contributed by atoms with Crippen LogP contribution >= 0.6 is 12.2 Å². The van der Waals surface area contributed by atoms with Crippen LogP contribution in [-0.2, 0) is 4.74 Å². The lowest BCUT2D eigenvalue weighted by atomic mass is 9.75. The Morgan fingerprint density at radius 2 is 2.06 bits per heavy atom. The molecule has 0 aromatic carbocycles. The van der Waals surface area contributed by atoms with Gasteiger partial charge in [-0.15, -0.1) is 0 Å². The van der Waals surface area contributed by atoms with Crippen LogP contribution in [0.1, 0.15) is 19.3 Å². The molecule has 0 aromatic heterocycles. The summed E-state index contributed by atoms with van der Waals surface area (Å²) in [6.07, 6.45) is 3.84.